The minimum Gasteiger partial charge on any atom is -0.496 e. The Morgan fingerprint density at radius 3 is 2.57 bits per heavy atom. The molecule has 112 valence electrons. The van der Waals surface area contributed by atoms with Gasteiger partial charge in [0.1, 0.15) is 5.75 Å². The molecular formula is C21H16O2. The summed E-state index contributed by atoms with van der Waals surface area (Å²) in [4.78, 5) is 12.6. The molecule has 0 fully saturated rings. The van der Waals surface area contributed by atoms with Crippen molar-refractivity contribution in [3.05, 3.63) is 82.9 Å². The van der Waals surface area contributed by atoms with Gasteiger partial charge in [0, 0.05) is 23.1 Å². The van der Waals surface area contributed by atoms with Crippen LogP contribution in [-0.2, 0) is 6.42 Å². The Balaban J connectivity index is 1.89. The third-order valence-corrected chi connectivity index (χ3v) is 4.40. The Hall–Kier alpha value is -2.87. The maximum Gasteiger partial charge on any atom is 0.189 e. The van der Waals surface area contributed by atoms with Crippen molar-refractivity contribution in [2.24, 2.45) is 0 Å². The Morgan fingerprint density at radius 2 is 1.74 bits per heavy atom. The van der Waals surface area contributed by atoms with Gasteiger partial charge in [-0.3, -0.25) is 4.79 Å². The SMILES string of the molecule is COc1ccc2ccccc2c1/C=C1\Cc2ccccc2C1=O. The Kier molecular flexibility index (Phi) is 3.23. The fraction of sp³-hybridized carbons (Fsp3) is 0.0952. The minimum absolute atomic E-state index is 0.121. The zero-order chi connectivity index (χ0) is 15.8. The van der Waals surface area contributed by atoms with Crippen LogP contribution in [0.4, 0.5) is 0 Å². The first-order valence-electron chi connectivity index (χ1n) is 7.67. The molecule has 0 radical (unpaired) electrons. The van der Waals surface area contributed by atoms with Crippen LogP contribution < -0.4 is 4.74 Å². The highest BCUT2D eigenvalue weighted by Crippen LogP contribution is 2.33. The van der Waals surface area contributed by atoms with Gasteiger partial charge in [0.25, 0.3) is 0 Å². The van der Waals surface area contributed by atoms with E-state index in [-0.39, 0.29) is 5.78 Å². The predicted molar refractivity (Wildman–Crippen MR) is 93.0 cm³/mol. The molecule has 0 saturated heterocycles. The fourth-order valence-corrected chi connectivity index (χ4v) is 3.25. The lowest BCUT2D eigenvalue weighted by Crippen LogP contribution is -1.96. The number of methoxy groups -OCH3 is 1. The van der Waals surface area contributed by atoms with Crippen LogP contribution in [0.5, 0.6) is 5.75 Å². The fourth-order valence-electron chi connectivity index (χ4n) is 3.25. The van der Waals surface area contributed by atoms with E-state index in [0.29, 0.717) is 6.42 Å². The smallest absolute Gasteiger partial charge is 0.189 e. The Labute approximate surface area is 135 Å². The summed E-state index contributed by atoms with van der Waals surface area (Å²) in [5.74, 6) is 0.913. The molecule has 4 rings (SSSR count). The number of benzene rings is 3. The second-order valence-electron chi connectivity index (χ2n) is 5.74. The first-order chi connectivity index (χ1) is 11.3. The first kappa shape index (κ1) is 13.8. The number of Topliss-reactive ketones (excluding diaryl/α,β-unsaturated/α-hetero) is 1. The van der Waals surface area contributed by atoms with Crippen LogP contribution in [0.25, 0.3) is 16.8 Å². The van der Waals surface area contributed by atoms with Crippen LogP contribution in [0.2, 0.25) is 0 Å². The van der Waals surface area contributed by atoms with Gasteiger partial charge in [0.15, 0.2) is 5.78 Å². The standard InChI is InChI=1S/C21H16O2/c1-23-20-11-10-14-6-2-4-8-17(14)19(20)13-16-12-15-7-3-5-9-18(15)21(16)22/h2-11,13H,12H2,1H3/b16-13+. The lowest BCUT2D eigenvalue weighted by atomic mass is 10.00. The average molecular weight is 300 g/mol. The summed E-state index contributed by atoms with van der Waals surface area (Å²) >= 11 is 0. The topological polar surface area (TPSA) is 26.3 Å². The van der Waals surface area contributed by atoms with Gasteiger partial charge in [0.05, 0.1) is 7.11 Å². The van der Waals surface area contributed by atoms with Gasteiger partial charge in [0.2, 0.25) is 0 Å². The molecule has 0 bridgehead atoms. The van der Waals surface area contributed by atoms with Crippen LogP contribution in [-0.4, -0.2) is 12.9 Å². The number of fused-ring (bicyclic) bond motifs is 2. The van der Waals surface area contributed by atoms with Crippen molar-refractivity contribution in [1.29, 1.82) is 0 Å². The van der Waals surface area contributed by atoms with Crippen molar-refractivity contribution in [3.8, 4) is 5.75 Å². The van der Waals surface area contributed by atoms with E-state index in [1.165, 1.54) is 0 Å². The van der Waals surface area contributed by atoms with Crippen LogP contribution >= 0.6 is 0 Å². The molecule has 0 unspecified atom stereocenters. The molecule has 0 aromatic heterocycles. The summed E-state index contributed by atoms with van der Waals surface area (Å²) in [6.45, 7) is 0. The van der Waals surface area contributed by atoms with E-state index in [9.17, 15) is 4.79 Å². The molecule has 0 spiro atoms. The molecule has 3 aromatic rings. The Morgan fingerprint density at radius 1 is 0.957 bits per heavy atom. The number of allylic oxidation sites excluding steroid dienone is 1. The molecule has 0 N–H and O–H groups in total. The van der Waals surface area contributed by atoms with Crippen molar-refractivity contribution in [1.82, 2.24) is 0 Å². The van der Waals surface area contributed by atoms with Crippen LogP contribution in [0.15, 0.2) is 66.2 Å². The highest BCUT2D eigenvalue weighted by Gasteiger charge is 2.24. The summed E-state index contributed by atoms with van der Waals surface area (Å²) in [5.41, 5.74) is 3.71. The average Bonchev–Trinajstić information content (AvgIpc) is 2.91. The molecule has 0 atom stereocenters. The summed E-state index contributed by atoms with van der Waals surface area (Å²) < 4.78 is 5.52. The molecular weight excluding hydrogens is 284 g/mol. The van der Waals surface area contributed by atoms with Crippen molar-refractivity contribution in [2.75, 3.05) is 7.11 Å². The van der Waals surface area contributed by atoms with Crippen LogP contribution in [0, 0.1) is 0 Å². The number of carbonyl (C=O) groups excluding carboxylic acids is 1. The largest absolute Gasteiger partial charge is 0.496 e. The number of ether oxygens (including phenoxy) is 1. The zero-order valence-electron chi connectivity index (χ0n) is 12.9. The lowest BCUT2D eigenvalue weighted by molar-refractivity contribution is 0.104. The van der Waals surface area contributed by atoms with E-state index in [2.05, 4.69) is 12.1 Å². The van der Waals surface area contributed by atoms with Gasteiger partial charge in [-0.1, -0.05) is 54.6 Å². The molecule has 0 amide bonds. The second-order valence-corrected chi connectivity index (χ2v) is 5.74. The van der Waals surface area contributed by atoms with Crippen molar-refractivity contribution in [3.63, 3.8) is 0 Å². The predicted octanol–water partition coefficient (Wildman–Crippen LogP) is 4.67. The number of carbonyl (C=O) groups is 1. The molecule has 0 heterocycles. The maximum atomic E-state index is 12.6. The van der Waals surface area contributed by atoms with E-state index in [1.807, 2.05) is 54.6 Å². The molecule has 1 aliphatic carbocycles. The highest BCUT2D eigenvalue weighted by atomic mass is 16.5. The van der Waals surface area contributed by atoms with Gasteiger partial charge < -0.3 is 4.74 Å². The van der Waals surface area contributed by atoms with E-state index in [0.717, 1.165) is 38.8 Å². The van der Waals surface area contributed by atoms with E-state index >= 15 is 0 Å². The number of hydrogen-bond donors (Lipinski definition) is 0. The Bertz CT molecular complexity index is 951. The van der Waals surface area contributed by atoms with Crippen molar-refractivity contribution >= 4 is 22.6 Å². The maximum absolute atomic E-state index is 12.6. The summed E-state index contributed by atoms with van der Waals surface area (Å²) in [6, 6.07) is 20.0. The third kappa shape index (κ3) is 2.23. The minimum atomic E-state index is 0.121. The molecule has 1 aliphatic rings. The quantitative estimate of drug-likeness (QED) is 0.643. The molecule has 3 aromatic carbocycles. The zero-order valence-corrected chi connectivity index (χ0v) is 12.9. The molecule has 0 saturated carbocycles. The van der Waals surface area contributed by atoms with Crippen LogP contribution in [0.3, 0.4) is 0 Å². The van der Waals surface area contributed by atoms with E-state index in [4.69, 9.17) is 4.74 Å². The normalized spacial score (nSPS) is 15.2. The molecule has 2 nitrogen and oxygen atoms in total. The molecule has 2 heteroatoms. The lowest BCUT2D eigenvalue weighted by Gasteiger charge is -2.09. The monoisotopic (exact) mass is 300 g/mol. The van der Waals surface area contributed by atoms with Crippen molar-refractivity contribution < 1.29 is 9.53 Å². The van der Waals surface area contributed by atoms with Gasteiger partial charge >= 0.3 is 0 Å². The summed E-state index contributed by atoms with van der Waals surface area (Å²) in [6.07, 6.45) is 2.67. The van der Waals surface area contributed by atoms with Gasteiger partial charge in [-0.15, -0.1) is 0 Å². The van der Waals surface area contributed by atoms with Crippen LogP contribution in [0.1, 0.15) is 21.5 Å². The number of rotatable bonds is 2. The van der Waals surface area contributed by atoms with E-state index in [1.54, 1.807) is 7.11 Å². The highest BCUT2D eigenvalue weighted by molar-refractivity contribution is 6.16. The van der Waals surface area contributed by atoms with Gasteiger partial charge in [-0.25, -0.2) is 0 Å². The number of hydrogen-bond acceptors (Lipinski definition) is 2. The van der Waals surface area contributed by atoms with Gasteiger partial charge in [-0.2, -0.15) is 0 Å². The van der Waals surface area contributed by atoms with E-state index < -0.39 is 0 Å². The number of ketones is 1. The van der Waals surface area contributed by atoms with Gasteiger partial charge in [-0.05, 0) is 28.5 Å². The summed E-state index contributed by atoms with van der Waals surface area (Å²) in [7, 11) is 1.66. The molecule has 23 heavy (non-hydrogen) atoms. The first-order valence-corrected chi connectivity index (χ1v) is 7.67. The summed E-state index contributed by atoms with van der Waals surface area (Å²) in [5, 5.41) is 2.24. The molecule has 0 aliphatic heterocycles. The third-order valence-electron chi connectivity index (χ3n) is 4.40. The van der Waals surface area contributed by atoms with Crippen molar-refractivity contribution in [2.45, 2.75) is 6.42 Å². The second kappa shape index (κ2) is 5.40.